The summed E-state index contributed by atoms with van der Waals surface area (Å²) in [6.45, 7) is 6.66. The molecular formula is C16H26N2O4S2. The smallest absolute Gasteiger partial charge is 0.212 e. The second kappa shape index (κ2) is 7.51. The van der Waals surface area contributed by atoms with Gasteiger partial charge < -0.3 is 0 Å². The number of rotatable bonds is 5. The number of hydrogen-bond acceptors (Lipinski definition) is 4. The summed E-state index contributed by atoms with van der Waals surface area (Å²) >= 11 is 0. The Hall–Kier alpha value is -0.960. The Morgan fingerprint density at radius 2 is 1.58 bits per heavy atom. The fourth-order valence-corrected chi connectivity index (χ4v) is 6.22. The molecule has 0 saturated carbocycles. The summed E-state index contributed by atoms with van der Waals surface area (Å²) in [7, 11) is -6.89. The molecule has 1 heterocycles. The van der Waals surface area contributed by atoms with Gasteiger partial charge in [-0.15, -0.1) is 0 Å². The van der Waals surface area contributed by atoms with E-state index in [1.807, 2.05) is 19.9 Å². The van der Waals surface area contributed by atoms with Crippen LogP contribution in [0.3, 0.4) is 0 Å². The Balaban J connectivity index is 2.21. The summed E-state index contributed by atoms with van der Waals surface area (Å²) in [5, 5.41) is 0. The molecule has 0 radical (unpaired) electrons. The highest BCUT2D eigenvalue weighted by molar-refractivity contribution is 7.89. The van der Waals surface area contributed by atoms with Crippen LogP contribution in [0.4, 0.5) is 0 Å². The minimum absolute atomic E-state index is 0.108. The number of sulfonamides is 2. The van der Waals surface area contributed by atoms with Crippen LogP contribution in [0.15, 0.2) is 23.1 Å². The SMILES string of the molecule is CCCS(=O)(=O)N1CCCN(S(=O)(=O)c2ccc(C)cc2C)CC1. The molecule has 8 heteroatoms. The van der Waals surface area contributed by atoms with Gasteiger partial charge in [0.15, 0.2) is 0 Å². The number of hydrogen-bond donors (Lipinski definition) is 0. The molecular weight excluding hydrogens is 348 g/mol. The average Bonchev–Trinajstić information content (AvgIpc) is 2.73. The van der Waals surface area contributed by atoms with Crippen LogP contribution in [0.2, 0.25) is 0 Å². The highest BCUT2D eigenvalue weighted by atomic mass is 32.2. The van der Waals surface area contributed by atoms with Gasteiger partial charge >= 0.3 is 0 Å². The Bertz CT molecular complexity index is 788. The summed E-state index contributed by atoms with van der Waals surface area (Å²) in [5.41, 5.74) is 1.73. The molecule has 0 unspecified atom stereocenters. The van der Waals surface area contributed by atoms with E-state index in [4.69, 9.17) is 0 Å². The van der Waals surface area contributed by atoms with Gasteiger partial charge in [-0.1, -0.05) is 24.6 Å². The Labute approximate surface area is 145 Å². The Morgan fingerprint density at radius 1 is 0.958 bits per heavy atom. The molecule has 0 bridgehead atoms. The first-order valence-corrected chi connectivity index (χ1v) is 11.3. The van der Waals surface area contributed by atoms with Crippen LogP contribution in [0, 0.1) is 13.8 Å². The molecule has 136 valence electrons. The minimum atomic E-state index is -3.60. The van der Waals surface area contributed by atoms with Crippen LogP contribution in [0.25, 0.3) is 0 Å². The lowest BCUT2D eigenvalue weighted by Crippen LogP contribution is -2.38. The van der Waals surface area contributed by atoms with Crippen LogP contribution < -0.4 is 0 Å². The molecule has 0 N–H and O–H groups in total. The first-order valence-electron chi connectivity index (χ1n) is 8.23. The van der Waals surface area contributed by atoms with Crippen molar-refractivity contribution in [3.05, 3.63) is 29.3 Å². The van der Waals surface area contributed by atoms with Crippen LogP contribution in [0.5, 0.6) is 0 Å². The summed E-state index contributed by atoms with van der Waals surface area (Å²) < 4.78 is 53.1. The molecule has 1 saturated heterocycles. The van der Waals surface area contributed by atoms with E-state index in [9.17, 15) is 16.8 Å². The van der Waals surface area contributed by atoms with E-state index in [1.54, 1.807) is 19.1 Å². The largest absolute Gasteiger partial charge is 0.243 e. The number of nitrogens with zero attached hydrogens (tertiary/aromatic N) is 2. The van der Waals surface area contributed by atoms with E-state index >= 15 is 0 Å². The molecule has 0 spiro atoms. The highest BCUT2D eigenvalue weighted by Gasteiger charge is 2.31. The van der Waals surface area contributed by atoms with Crippen molar-refractivity contribution in [3.63, 3.8) is 0 Å². The monoisotopic (exact) mass is 374 g/mol. The fourth-order valence-electron chi connectivity index (χ4n) is 3.00. The predicted molar refractivity (Wildman–Crippen MR) is 94.9 cm³/mol. The second-order valence-corrected chi connectivity index (χ2v) is 10.2. The van der Waals surface area contributed by atoms with Crippen molar-refractivity contribution in [1.82, 2.24) is 8.61 Å². The molecule has 2 rings (SSSR count). The molecule has 0 aromatic heterocycles. The Kier molecular flexibility index (Phi) is 6.06. The zero-order chi connectivity index (χ0) is 18.0. The predicted octanol–water partition coefficient (Wildman–Crippen LogP) is 1.74. The van der Waals surface area contributed by atoms with Crippen molar-refractivity contribution in [3.8, 4) is 0 Å². The fraction of sp³-hybridized carbons (Fsp3) is 0.625. The topological polar surface area (TPSA) is 74.8 Å². The Morgan fingerprint density at radius 3 is 2.21 bits per heavy atom. The quantitative estimate of drug-likeness (QED) is 0.787. The molecule has 6 nitrogen and oxygen atoms in total. The zero-order valence-corrected chi connectivity index (χ0v) is 16.2. The summed E-state index contributed by atoms with van der Waals surface area (Å²) in [4.78, 5) is 0.304. The van der Waals surface area contributed by atoms with E-state index in [-0.39, 0.29) is 18.8 Å². The van der Waals surface area contributed by atoms with Gasteiger partial charge in [0, 0.05) is 26.2 Å². The van der Waals surface area contributed by atoms with Crippen LogP contribution >= 0.6 is 0 Å². The third-order valence-electron chi connectivity index (χ3n) is 4.22. The molecule has 0 aliphatic carbocycles. The van der Waals surface area contributed by atoms with Crippen LogP contribution in [-0.4, -0.2) is 57.4 Å². The van der Waals surface area contributed by atoms with Gasteiger partial charge in [-0.2, -0.15) is 4.31 Å². The summed E-state index contributed by atoms with van der Waals surface area (Å²) in [5.74, 6) is 0.108. The van der Waals surface area contributed by atoms with E-state index < -0.39 is 20.0 Å². The van der Waals surface area contributed by atoms with Crippen molar-refractivity contribution in [2.24, 2.45) is 0 Å². The lowest BCUT2D eigenvalue weighted by atomic mass is 10.2. The maximum atomic E-state index is 12.9. The van der Waals surface area contributed by atoms with Crippen molar-refractivity contribution >= 4 is 20.0 Å². The second-order valence-electron chi connectivity index (χ2n) is 6.24. The third-order valence-corrected chi connectivity index (χ3v) is 8.35. The summed E-state index contributed by atoms with van der Waals surface area (Å²) in [6, 6.07) is 5.27. The average molecular weight is 375 g/mol. The molecule has 1 fully saturated rings. The normalized spacial score (nSPS) is 18.5. The zero-order valence-electron chi connectivity index (χ0n) is 14.5. The first-order chi connectivity index (χ1) is 11.2. The van der Waals surface area contributed by atoms with E-state index in [0.717, 1.165) is 11.1 Å². The molecule has 1 aromatic rings. The van der Waals surface area contributed by atoms with Crippen LogP contribution in [-0.2, 0) is 20.0 Å². The van der Waals surface area contributed by atoms with Gasteiger partial charge in [0.05, 0.1) is 10.6 Å². The van der Waals surface area contributed by atoms with E-state index in [1.165, 1.54) is 8.61 Å². The highest BCUT2D eigenvalue weighted by Crippen LogP contribution is 2.22. The van der Waals surface area contributed by atoms with Gasteiger partial charge in [0.1, 0.15) is 0 Å². The van der Waals surface area contributed by atoms with E-state index in [0.29, 0.717) is 30.8 Å². The van der Waals surface area contributed by atoms with Gasteiger partial charge in [0.25, 0.3) is 0 Å². The lowest BCUT2D eigenvalue weighted by Gasteiger charge is -2.22. The standard InChI is InChI=1S/C16H26N2O4S2/c1-4-12-23(19,20)17-8-5-9-18(11-10-17)24(21,22)16-7-6-14(2)13-15(16)3/h6-7,13H,4-5,8-12H2,1-3H3. The maximum absolute atomic E-state index is 12.9. The molecule has 1 aliphatic heterocycles. The molecule has 0 atom stereocenters. The van der Waals surface area contributed by atoms with Crippen molar-refractivity contribution in [2.45, 2.75) is 38.5 Å². The van der Waals surface area contributed by atoms with Gasteiger partial charge in [0.2, 0.25) is 20.0 Å². The minimum Gasteiger partial charge on any atom is -0.212 e. The molecule has 1 aromatic carbocycles. The molecule has 0 amide bonds. The molecule has 24 heavy (non-hydrogen) atoms. The van der Waals surface area contributed by atoms with Gasteiger partial charge in [-0.05, 0) is 38.3 Å². The number of aryl methyl sites for hydroxylation is 2. The molecule has 1 aliphatic rings. The first kappa shape index (κ1) is 19.4. The van der Waals surface area contributed by atoms with Crippen molar-refractivity contribution in [2.75, 3.05) is 31.9 Å². The van der Waals surface area contributed by atoms with Gasteiger partial charge in [-0.25, -0.2) is 21.1 Å². The third kappa shape index (κ3) is 4.17. The maximum Gasteiger partial charge on any atom is 0.243 e. The van der Waals surface area contributed by atoms with Gasteiger partial charge in [-0.3, -0.25) is 0 Å². The van der Waals surface area contributed by atoms with Crippen molar-refractivity contribution in [1.29, 1.82) is 0 Å². The number of benzene rings is 1. The van der Waals surface area contributed by atoms with Crippen molar-refractivity contribution < 1.29 is 16.8 Å². The summed E-state index contributed by atoms with van der Waals surface area (Å²) in [6.07, 6.45) is 1.07. The van der Waals surface area contributed by atoms with Crippen LogP contribution in [0.1, 0.15) is 30.9 Å². The lowest BCUT2D eigenvalue weighted by molar-refractivity contribution is 0.404. The van der Waals surface area contributed by atoms with E-state index in [2.05, 4.69) is 0 Å².